The maximum atomic E-state index is 10.6. The summed E-state index contributed by atoms with van der Waals surface area (Å²) >= 11 is 1.87. The highest BCUT2D eigenvalue weighted by molar-refractivity contribution is 7.99. The molecule has 0 aliphatic carbocycles. The van der Waals surface area contributed by atoms with Crippen molar-refractivity contribution in [3.63, 3.8) is 0 Å². The molecule has 0 radical (unpaired) electrons. The summed E-state index contributed by atoms with van der Waals surface area (Å²) in [6, 6.07) is 0. The van der Waals surface area contributed by atoms with Crippen molar-refractivity contribution >= 4 is 17.7 Å². The van der Waals surface area contributed by atoms with E-state index in [1.165, 1.54) is 6.08 Å². The van der Waals surface area contributed by atoms with Crippen molar-refractivity contribution in [1.82, 2.24) is 0 Å². The summed E-state index contributed by atoms with van der Waals surface area (Å²) in [7, 11) is 0. The van der Waals surface area contributed by atoms with Crippen LogP contribution in [0.15, 0.2) is 12.7 Å². The van der Waals surface area contributed by atoms with Gasteiger partial charge in [0.1, 0.15) is 0 Å². The normalized spacial score (nSPS) is 9.92. The molecule has 0 aromatic rings. The smallest absolute Gasteiger partial charge is 0.330 e. The summed E-state index contributed by atoms with van der Waals surface area (Å²) in [6.07, 6.45) is 2.11. The third-order valence-corrected chi connectivity index (χ3v) is 2.34. The molecule has 0 rings (SSSR count). The third-order valence-electron chi connectivity index (χ3n) is 1.15. The summed E-state index contributed by atoms with van der Waals surface area (Å²) in [5.74, 6) is 0.715. The van der Waals surface area contributed by atoms with E-state index in [-0.39, 0.29) is 5.97 Å². The van der Waals surface area contributed by atoms with Gasteiger partial charge in [0.15, 0.2) is 0 Å². The lowest BCUT2D eigenvalue weighted by atomic mass is 10.5. The van der Waals surface area contributed by atoms with Crippen LogP contribution in [0.3, 0.4) is 0 Å². The van der Waals surface area contributed by atoms with Gasteiger partial charge in [0.25, 0.3) is 0 Å². The molecule has 2 nitrogen and oxygen atoms in total. The molecule has 0 atom stereocenters. The van der Waals surface area contributed by atoms with E-state index >= 15 is 0 Å². The van der Waals surface area contributed by atoms with Crippen LogP contribution < -0.4 is 0 Å². The van der Waals surface area contributed by atoms with Crippen molar-refractivity contribution in [2.45, 2.75) is 25.5 Å². The molecule has 0 N–H and O–H groups in total. The Kier molecular flexibility index (Phi) is 6.96. The molecule has 0 saturated carbocycles. The highest BCUT2D eigenvalue weighted by Gasteiger charge is 1.96. The van der Waals surface area contributed by atoms with E-state index in [0.29, 0.717) is 11.9 Å². The van der Waals surface area contributed by atoms with Gasteiger partial charge in [-0.15, -0.1) is 0 Å². The van der Waals surface area contributed by atoms with E-state index in [2.05, 4.69) is 20.4 Å². The van der Waals surface area contributed by atoms with Gasteiger partial charge in [-0.3, -0.25) is 0 Å². The second-order valence-corrected chi connectivity index (χ2v) is 4.33. The van der Waals surface area contributed by atoms with Crippen LogP contribution in [-0.2, 0) is 9.53 Å². The van der Waals surface area contributed by atoms with Gasteiger partial charge in [0.2, 0.25) is 0 Å². The van der Waals surface area contributed by atoms with Crippen LogP contribution in [-0.4, -0.2) is 23.6 Å². The van der Waals surface area contributed by atoms with Crippen LogP contribution >= 0.6 is 11.8 Å². The van der Waals surface area contributed by atoms with Gasteiger partial charge in [-0.05, 0) is 17.4 Å². The molecule has 70 valence electrons. The summed E-state index contributed by atoms with van der Waals surface area (Å²) in [5, 5.41) is 0.653. The number of ether oxygens (including phenoxy) is 1. The Morgan fingerprint density at radius 1 is 1.67 bits per heavy atom. The van der Waals surface area contributed by atoms with Gasteiger partial charge in [0.05, 0.1) is 6.61 Å². The summed E-state index contributed by atoms with van der Waals surface area (Å²) in [4.78, 5) is 10.6. The topological polar surface area (TPSA) is 26.3 Å². The van der Waals surface area contributed by atoms with Crippen molar-refractivity contribution in [2.75, 3.05) is 12.4 Å². The Morgan fingerprint density at radius 3 is 2.83 bits per heavy atom. The molecule has 0 aliphatic rings. The Balaban J connectivity index is 3.11. The first kappa shape index (κ1) is 11.6. The minimum Gasteiger partial charge on any atom is -0.463 e. The molecule has 0 spiro atoms. The minimum absolute atomic E-state index is 0.329. The highest BCUT2D eigenvalue weighted by atomic mass is 32.2. The number of carbonyl (C=O) groups excluding carboxylic acids is 1. The SMILES string of the molecule is C=CC(=O)OCCCSC(C)C. The van der Waals surface area contributed by atoms with Crippen LogP contribution in [0.5, 0.6) is 0 Å². The van der Waals surface area contributed by atoms with E-state index < -0.39 is 0 Å². The van der Waals surface area contributed by atoms with Crippen LogP contribution in [0.4, 0.5) is 0 Å². The van der Waals surface area contributed by atoms with Crippen LogP contribution in [0, 0.1) is 0 Å². The zero-order valence-corrected chi connectivity index (χ0v) is 8.52. The average Bonchev–Trinajstić information content (AvgIpc) is 2.03. The van der Waals surface area contributed by atoms with Crippen LogP contribution in [0.1, 0.15) is 20.3 Å². The minimum atomic E-state index is -0.329. The predicted molar refractivity (Wildman–Crippen MR) is 53.4 cm³/mol. The molecule has 0 amide bonds. The van der Waals surface area contributed by atoms with Crippen LogP contribution in [0.25, 0.3) is 0 Å². The lowest BCUT2D eigenvalue weighted by molar-refractivity contribution is -0.137. The second-order valence-electron chi connectivity index (χ2n) is 2.64. The lowest BCUT2D eigenvalue weighted by Gasteiger charge is -2.04. The summed E-state index contributed by atoms with van der Waals surface area (Å²) < 4.78 is 4.80. The average molecular weight is 188 g/mol. The first-order valence-electron chi connectivity index (χ1n) is 4.07. The van der Waals surface area contributed by atoms with E-state index in [1.807, 2.05) is 11.8 Å². The van der Waals surface area contributed by atoms with Gasteiger partial charge in [-0.25, -0.2) is 4.79 Å². The summed E-state index contributed by atoms with van der Waals surface area (Å²) in [5.41, 5.74) is 0. The fourth-order valence-corrected chi connectivity index (χ4v) is 1.37. The molecule has 12 heavy (non-hydrogen) atoms. The van der Waals surface area contributed by atoms with Crippen LogP contribution in [0.2, 0.25) is 0 Å². The summed E-state index contributed by atoms with van der Waals surface area (Å²) in [6.45, 7) is 8.12. The predicted octanol–water partition coefficient (Wildman–Crippen LogP) is 2.25. The fourth-order valence-electron chi connectivity index (χ4n) is 0.610. The molecule has 3 heteroatoms. The molecule has 0 saturated heterocycles. The van der Waals surface area contributed by atoms with Gasteiger partial charge >= 0.3 is 5.97 Å². The van der Waals surface area contributed by atoms with Gasteiger partial charge in [0, 0.05) is 6.08 Å². The van der Waals surface area contributed by atoms with Gasteiger partial charge in [-0.2, -0.15) is 11.8 Å². The second kappa shape index (κ2) is 7.22. The van der Waals surface area contributed by atoms with Crippen molar-refractivity contribution in [3.8, 4) is 0 Å². The van der Waals surface area contributed by atoms with E-state index in [4.69, 9.17) is 4.74 Å². The van der Waals surface area contributed by atoms with Gasteiger partial charge in [-0.1, -0.05) is 20.4 Å². The molecule has 0 unspecified atom stereocenters. The largest absolute Gasteiger partial charge is 0.463 e. The number of rotatable bonds is 6. The molecule has 0 aromatic heterocycles. The Labute approximate surface area is 78.4 Å². The van der Waals surface area contributed by atoms with Crippen molar-refractivity contribution in [3.05, 3.63) is 12.7 Å². The lowest BCUT2D eigenvalue weighted by Crippen LogP contribution is -2.03. The Hall–Kier alpha value is -0.440. The first-order chi connectivity index (χ1) is 5.66. The number of carbonyl (C=O) groups is 1. The van der Waals surface area contributed by atoms with Crippen molar-refractivity contribution < 1.29 is 9.53 Å². The van der Waals surface area contributed by atoms with Gasteiger partial charge < -0.3 is 4.74 Å². The number of thioether (sulfide) groups is 1. The maximum absolute atomic E-state index is 10.6. The van der Waals surface area contributed by atoms with E-state index in [1.54, 1.807) is 0 Å². The maximum Gasteiger partial charge on any atom is 0.330 e. The molecular weight excluding hydrogens is 172 g/mol. The quantitative estimate of drug-likeness (QED) is 0.363. The number of esters is 1. The fraction of sp³-hybridized carbons (Fsp3) is 0.667. The molecule has 0 aromatic carbocycles. The Bertz CT molecular complexity index is 143. The monoisotopic (exact) mass is 188 g/mol. The Morgan fingerprint density at radius 2 is 2.33 bits per heavy atom. The molecule has 0 aliphatic heterocycles. The zero-order valence-electron chi connectivity index (χ0n) is 7.71. The van der Waals surface area contributed by atoms with E-state index in [9.17, 15) is 4.79 Å². The first-order valence-corrected chi connectivity index (χ1v) is 5.12. The molecule has 0 bridgehead atoms. The molecule has 0 fully saturated rings. The highest BCUT2D eigenvalue weighted by Crippen LogP contribution is 2.09. The number of hydrogen-bond donors (Lipinski definition) is 0. The standard InChI is InChI=1S/C9H16O2S/c1-4-9(10)11-6-5-7-12-8(2)3/h4,8H,1,5-7H2,2-3H3. The third kappa shape index (κ3) is 7.66. The molecule has 0 heterocycles. The van der Waals surface area contributed by atoms with Crippen molar-refractivity contribution in [1.29, 1.82) is 0 Å². The zero-order chi connectivity index (χ0) is 9.40. The molecular formula is C9H16O2S. The number of hydrogen-bond acceptors (Lipinski definition) is 3. The van der Waals surface area contributed by atoms with Crippen molar-refractivity contribution in [2.24, 2.45) is 0 Å². The van der Waals surface area contributed by atoms with E-state index in [0.717, 1.165) is 12.2 Å².